The Balaban J connectivity index is 1.84. The smallest absolute Gasteiger partial charge is 0.328 e. The van der Waals surface area contributed by atoms with Gasteiger partial charge in [-0.3, -0.25) is 0 Å². The van der Waals surface area contributed by atoms with Gasteiger partial charge in [0.05, 0.1) is 13.2 Å². The van der Waals surface area contributed by atoms with E-state index in [4.69, 9.17) is 4.74 Å². The Morgan fingerprint density at radius 2 is 1.88 bits per heavy atom. The number of carbonyl (C=O) groups excluding carboxylic acids is 1. The van der Waals surface area contributed by atoms with E-state index in [0.29, 0.717) is 5.69 Å². The largest absolute Gasteiger partial charge is 0.480 e. The third kappa shape index (κ3) is 5.73. The number of urea groups is 1. The van der Waals surface area contributed by atoms with Gasteiger partial charge in [0.1, 0.15) is 0 Å². The van der Waals surface area contributed by atoms with Crippen LogP contribution in [0.3, 0.4) is 0 Å². The van der Waals surface area contributed by atoms with Crippen molar-refractivity contribution < 1.29 is 19.4 Å². The maximum Gasteiger partial charge on any atom is 0.328 e. The number of hydrogen-bond donors (Lipinski definition) is 3. The molecule has 24 heavy (non-hydrogen) atoms. The lowest BCUT2D eigenvalue weighted by Crippen LogP contribution is -2.45. The molecule has 1 atom stereocenters. The Morgan fingerprint density at radius 3 is 2.54 bits per heavy atom. The second-order valence-electron chi connectivity index (χ2n) is 5.36. The summed E-state index contributed by atoms with van der Waals surface area (Å²) in [6, 6.07) is 14.9. The first-order chi connectivity index (χ1) is 11.5. The lowest BCUT2D eigenvalue weighted by atomic mass is 10.2. The van der Waals surface area contributed by atoms with Gasteiger partial charge in [-0.1, -0.05) is 42.5 Å². The molecule has 6 heteroatoms. The molecule has 0 bridgehead atoms. The van der Waals surface area contributed by atoms with Crippen LogP contribution in [0.25, 0.3) is 0 Å². The van der Waals surface area contributed by atoms with Gasteiger partial charge in [-0.2, -0.15) is 0 Å². The minimum absolute atomic E-state index is 0.120. The normalized spacial score (nSPS) is 11.5. The van der Waals surface area contributed by atoms with E-state index >= 15 is 0 Å². The number of carboxylic acids is 1. The number of benzene rings is 2. The molecule has 0 spiro atoms. The number of nitrogens with one attached hydrogen (secondary N) is 2. The minimum atomic E-state index is -1.15. The summed E-state index contributed by atoms with van der Waals surface area (Å²) in [6.07, 6.45) is 0. The SMILES string of the molecule is Cc1cccc(NC(=O)N[C@H](COCc2ccccc2)C(=O)O)c1. The van der Waals surface area contributed by atoms with E-state index in [1.807, 2.05) is 49.4 Å². The average Bonchev–Trinajstić information content (AvgIpc) is 2.54. The quantitative estimate of drug-likeness (QED) is 0.729. The molecule has 0 aliphatic heterocycles. The van der Waals surface area contributed by atoms with Crippen LogP contribution < -0.4 is 10.6 Å². The van der Waals surface area contributed by atoms with Crippen LogP contribution >= 0.6 is 0 Å². The minimum Gasteiger partial charge on any atom is -0.480 e. The Morgan fingerprint density at radius 1 is 1.12 bits per heavy atom. The number of aryl methyl sites for hydroxylation is 1. The van der Waals surface area contributed by atoms with Gasteiger partial charge in [0, 0.05) is 5.69 Å². The molecule has 2 rings (SSSR count). The summed E-state index contributed by atoms with van der Waals surface area (Å²) in [6.45, 7) is 2.07. The zero-order valence-corrected chi connectivity index (χ0v) is 13.4. The highest BCUT2D eigenvalue weighted by molar-refractivity contribution is 5.92. The van der Waals surface area contributed by atoms with Crippen molar-refractivity contribution >= 4 is 17.7 Å². The van der Waals surface area contributed by atoms with E-state index in [9.17, 15) is 14.7 Å². The number of rotatable bonds is 7. The van der Waals surface area contributed by atoms with Gasteiger partial charge < -0.3 is 20.5 Å². The Labute approximate surface area is 140 Å². The Hall–Kier alpha value is -2.86. The molecule has 0 saturated heterocycles. The number of anilines is 1. The van der Waals surface area contributed by atoms with Crippen LogP contribution in [0.15, 0.2) is 54.6 Å². The molecule has 0 aliphatic rings. The lowest BCUT2D eigenvalue weighted by Gasteiger charge is -2.15. The predicted octanol–water partition coefficient (Wildman–Crippen LogP) is 2.79. The maximum absolute atomic E-state index is 11.9. The van der Waals surface area contributed by atoms with Crippen LogP contribution in [0, 0.1) is 6.92 Å². The van der Waals surface area contributed by atoms with Gasteiger partial charge in [0.25, 0.3) is 0 Å². The first-order valence-corrected chi connectivity index (χ1v) is 7.53. The van der Waals surface area contributed by atoms with Crippen molar-refractivity contribution in [3.63, 3.8) is 0 Å². The highest BCUT2D eigenvalue weighted by Gasteiger charge is 2.20. The number of amides is 2. The molecule has 2 aromatic carbocycles. The van der Waals surface area contributed by atoms with Crippen molar-refractivity contribution in [2.45, 2.75) is 19.6 Å². The summed E-state index contributed by atoms with van der Waals surface area (Å²) in [4.78, 5) is 23.2. The van der Waals surface area contributed by atoms with Gasteiger partial charge in [-0.05, 0) is 30.2 Å². The Kier molecular flexibility index (Phi) is 6.33. The van der Waals surface area contributed by atoms with Crippen LogP contribution in [0.2, 0.25) is 0 Å². The molecule has 126 valence electrons. The average molecular weight is 328 g/mol. The molecule has 0 unspecified atom stereocenters. The first kappa shape index (κ1) is 17.5. The summed E-state index contributed by atoms with van der Waals surface area (Å²) in [7, 11) is 0. The number of ether oxygens (including phenoxy) is 1. The third-order valence-corrected chi connectivity index (χ3v) is 3.28. The first-order valence-electron chi connectivity index (χ1n) is 7.53. The van der Waals surface area contributed by atoms with Crippen LogP contribution in [-0.2, 0) is 16.1 Å². The van der Waals surface area contributed by atoms with Gasteiger partial charge in [-0.25, -0.2) is 9.59 Å². The number of carbonyl (C=O) groups is 2. The van der Waals surface area contributed by atoms with E-state index in [1.165, 1.54) is 0 Å². The van der Waals surface area contributed by atoms with E-state index in [0.717, 1.165) is 11.1 Å². The van der Waals surface area contributed by atoms with Gasteiger partial charge >= 0.3 is 12.0 Å². The van der Waals surface area contributed by atoms with E-state index in [1.54, 1.807) is 12.1 Å². The van der Waals surface area contributed by atoms with Gasteiger partial charge in [0.15, 0.2) is 6.04 Å². The molecule has 0 heterocycles. The molecule has 3 N–H and O–H groups in total. The molecule has 2 aromatic rings. The fraction of sp³-hybridized carbons (Fsp3) is 0.222. The second kappa shape index (κ2) is 8.69. The van der Waals surface area contributed by atoms with Crippen LogP contribution in [0.1, 0.15) is 11.1 Å². The standard InChI is InChI=1S/C18H20N2O4/c1-13-6-5-9-15(10-13)19-18(23)20-16(17(21)22)12-24-11-14-7-3-2-4-8-14/h2-10,16H,11-12H2,1H3,(H,21,22)(H2,19,20,23)/t16-/m1/s1. The lowest BCUT2D eigenvalue weighted by molar-refractivity contribution is -0.140. The molecule has 0 saturated carbocycles. The fourth-order valence-corrected chi connectivity index (χ4v) is 2.09. The summed E-state index contributed by atoms with van der Waals surface area (Å²) >= 11 is 0. The van der Waals surface area contributed by atoms with Crippen molar-refractivity contribution in [2.75, 3.05) is 11.9 Å². The molecule has 0 radical (unpaired) electrons. The third-order valence-electron chi connectivity index (χ3n) is 3.28. The van der Waals surface area contributed by atoms with E-state index in [-0.39, 0.29) is 13.2 Å². The van der Waals surface area contributed by atoms with Crippen molar-refractivity contribution in [1.29, 1.82) is 0 Å². The zero-order chi connectivity index (χ0) is 17.4. The van der Waals surface area contributed by atoms with Crippen LogP contribution in [-0.4, -0.2) is 29.8 Å². The van der Waals surface area contributed by atoms with Gasteiger partial charge in [-0.15, -0.1) is 0 Å². The predicted molar refractivity (Wildman–Crippen MR) is 90.9 cm³/mol. The van der Waals surface area contributed by atoms with E-state index < -0.39 is 18.0 Å². The molecule has 0 fully saturated rings. The van der Waals surface area contributed by atoms with Gasteiger partial charge in [0.2, 0.25) is 0 Å². The molecule has 2 amide bonds. The number of carboxylic acid groups (broad SMARTS) is 1. The summed E-state index contributed by atoms with van der Waals surface area (Å²) in [5, 5.41) is 14.2. The highest BCUT2D eigenvalue weighted by atomic mass is 16.5. The fourth-order valence-electron chi connectivity index (χ4n) is 2.09. The maximum atomic E-state index is 11.9. The molecule has 6 nitrogen and oxygen atoms in total. The second-order valence-corrected chi connectivity index (χ2v) is 5.36. The molecule has 0 aliphatic carbocycles. The number of hydrogen-bond acceptors (Lipinski definition) is 3. The van der Waals surface area contributed by atoms with Crippen molar-refractivity contribution in [3.8, 4) is 0 Å². The van der Waals surface area contributed by atoms with Crippen LogP contribution in [0.5, 0.6) is 0 Å². The molecule has 0 aromatic heterocycles. The van der Waals surface area contributed by atoms with Crippen molar-refractivity contribution in [2.24, 2.45) is 0 Å². The van der Waals surface area contributed by atoms with E-state index in [2.05, 4.69) is 10.6 Å². The molecular weight excluding hydrogens is 308 g/mol. The summed E-state index contributed by atoms with van der Waals surface area (Å²) in [5.41, 5.74) is 2.53. The summed E-state index contributed by atoms with van der Waals surface area (Å²) < 4.78 is 5.39. The zero-order valence-electron chi connectivity index (χ0n) is 13.4. The summed E-state index contributed by atoms with van der Waals surface area (Å²) in [5.74, 6) is -1.15. The van der Waals surface area contributed by atoms with Crippen LogP contribution in [0.4, 0.5) is 10.5 Å². The Bertz CT molecular complexity index is 688. The topological polar surface area (TPSA) is 87.7 Å². The number of aliphatic carboxylic acids is 1. The van der Waals surface area contributed by atoms with Crippen molar-refractivity contribution in [3.05, 3.63) is 65.7 Å². The molecular formula is C18H20N2O4. The van der Waals surface area contributed by atoms with Crippen molar-refractivity contribution in [1.82, 2.24) is 5.32 Å². The monoisotopic (exact) mass is 328 g/mol. The highest BCUT2D eigenvalue weighted by Crippen LogP contribution is 2.09.